The molecule has 2 amide bonds. The number of piperidine rings is 1. The standard InChI is InChI=1S/C19H25Cl2N3O2/c20-13-7-8-15(21)16(10-13)23-18(25)17-6-1-2-9-24(17)19(26)14-5-3-4-12(14)11-22/h7-8,10,12,14,17H,1-6,9,11,22H2,(H,23,25)/t12-,14-,17?/m1/s1. The maximum atomic E-state index is 13.1. The number of carbonyl (C=O) groups excluding carboxylic acids is 2. The van der Waals surface area contributed by atoms with E-state index in [2.05, 4.69) is 5.32 Å². The van der Waals surface area contributed by atoms with Crippen LogP contribution in [0.1, 0.15) is 38.5 Å². The molecule has 0 aromatic heterocycles. The minimum absolute atomic E-state index is 0.0526. The summed E-state index contributed by atoms with van der Waals surface area (Å²) in [5, 5.41) is 3.77. The molecule has 7 heteroatoms. The van der Waals surface area contributed by atoms with E-state index in [0.29, 0.717) is 35.2 Å². The van der Waals surface area contributed by atoms with Gasteiger partial charge in [0.2, 0.25) is 11.8 Å². The maximum absolute atomic E-state index is 13.1. The van der Waals surface area contributed by atoms with Crippen LogP contribution >= 0.6 is 23.2 Å². The summed E-state index contributed by atoms with van der Waals surface area (Å²) in [7, 11) is 0. The second-order valence-electron chi connectivity index (χ2n) is 7.19. The second-order valence-corrected chi connectivity index (χ2v) is 8.03. The van der Waals surface area contributed by atoms with E-state index in [-0.39, 0.29) is 23.7 Å². The Morgan fingerprint density at radius 3 is 2.73 bits per heavy atom. The number of nitrogens with one attached hydrogen (secondary N) is 1. The highest BCUT2D eigenvalue weighted by Gasteiger charge is 2.39. The van der Waals surface area contributed by atoms with Gasteiger partial charge in [-0.05, 0) is 62.8 Å². The van der Waals surface area contributed by atoms with Crippen LogP contribution in [0.3, 0.4) is 0 Å². The number of benzene rings is 1. The summed E-state index contributed by atoms with van der Waals surface area (Å²) in [4.78, 5) is 27.7. The summed E-state index contributed by atoms with van der Waals surface area (Å²) >= 11 is 12.1. The van der Waals surface area contributed by atoms with E-state index in [0.717, 1.165) is 32.1 Å². The van der Waals surface area contributed by atoms with E-state index in [4.69, 9.17) is 28.9 Å². The molecule has 0 bridgehead atoms. The number of rotatable bonds is 4. The quantitative estimate of drug-likeness (QED) is 0.812. The van der Waals surface area contributed by atoms with Crippen molar-refractivity contribution in [3.05, 3.63) is 28.2 Å². The average Bonchev–Trinajstić information content (AvgIpc) is 3.13. The molecule has 0 spiro atoms. The molecule has 5 nitrogen and oxygen atoms in total. The van der Waals surface area contributed by atoms with Gasteiger partial charge < -0.3 is 16.0 Å². The third-order valence-electron chi connectivity index (χ3n) is 5.55. The molecule has 1 unspecified atom stereocenters. The third-order valence-corrected chi connectivity index (χ3v) is 6.12. The molecule has 26 heavy (non-hydrogen) atoms. The molecule has 1 aliphatic heterocycles. The van der Waals surface area contributed by atoms with Gasteiger partial charge in [-0.25, -0.2) is 0 Å². The SMILES string of the molecule is NC[C@H]1CCC[C@H]1C(=O)N1CCCCC1C(=O)Nc1cc(Cl)ccc1Cl. The van der Waals surface area contributed by atoms with Gasteiger partial charge in [-0.15, -0.1) is 0 Å². The molecule has 3 N–H and O–H groups in total. The van der Waals surface area contributed by atoms with Gasteiger partial charge in [0.15, 0.2) is 0 Å². The van der Waals surface area contributed by atoms with Crippen molar-refractivity contribution in [2.75, 3.05) is 18.4 Å². The number of hydrogen-bond donors (Lipinski definition) is 2. The molecule has 1 aromatic carbocycles. The highest BCUT2D eigenvalue weighted by Crippen LogP contribution is 2.34. The Kier molecular flexibility index (Phi) is 6.43. The van der Waals surface area contributed by atoms with E-state index in [1.54, 1.807) is 23.1 Å². The van der Waals surface area contributed by atoms with Crippen LogP contribution in [-0.4, -0.2) is 35.8 Å². The van der Waals surface area contributed by atoms with Crippen molar-refractivity contribution in [2.45, 2.75) is 44.6 Å². The summed E-state index contributed by atoms with van der Waals surface area (Å²) < 4.78 is 0. The van der Waals surface area contributed by atoms with E-state index in [1.165, 1.54) is 0 Å². The first-order valence-electron chi connectivity index (χ1n) is 9.27. The normalized spacial score (nSPS) is 26.0. The minimum atomic E-state index is -0.467. The molecular weight excluding hydrogens is 373 g/mol. The van der Waals surface area contributed by atoms with Gasteiger partial charge in [-0.2, -0.15) is 0 Å². The number of anilines is 1. The van der Waals surface area contributed by atoms with Crippen LogP contribution in [0.2, 0.25) is 10.0 Å². The molecule has 1 aliphatic carbocycles. The van der Waals surface area contributed by atoms with Crippen LogP contribution in [0.15, 0.2) is 18.2 Å². The monoisotopic (exact) mass is 397 g/mol. The summed E-state index contributed by atoms with van der Waals surface area (Å²) in [6.07, 6.45) is 5.40. The lowest BCUT2D eigenvalue weighted by atomic mass is 9.92. The maximum Gasteiger partial charge on any atom is 0.247 e. The van der Waals surface area contributed by atoms with Crippen molar-refractivity contribution < 1.29 is 9.59 Å². The van der Waals surface area contributed by atoms with Crippen LogP contribution in [-0.2, 0) is 9.59 Å². The Morgan fingerprint density at radius 1 is 1.15 bits per heavy atom. The molecule has 3 rings (SSSR count). The fourth-order valence-electron chi connectivity index (χ4n) is 4.13. The van der Waals surface area contributed by atoms with Crippen molar-refractivity contribution in [1.82, 2.24) is 4.90 Å². The Hall–Kier alpha value is -1.30. The van der Waals surface area contributed by atoms with Gasteiger partial charge in [0.25, 0.3) is 0 Å². The van der Waals surface area contributed by atoms with Crippen LogP contribution in [0, 0.1) is 11.8 Å². The Balaban J connectivity index is 1.74. The third kappa shape index (κ3) is 4.16. The van der Waals surface area contributed by atoms with Gasteiger partial charge in [0, 0.05) is 17.5 Å². The fourth-order valence-corrected chi connectivity index (χ4v) is 4.47. The largest absolute Gasteiger partial charge is 0.330 e. The van der Waals surface area contributed by atoms with E-state index < -0.39 is 6.04 Å². The van der Waals surface area contributed by atoms with Crippen LogP contribution in [0.25, 0.3) is 0 Å². The smallest absolute Gasteiger partial charge is 0.247 e. The highest BCUT2D eigenvalue weighted by molar-refractivity contribution is 6.35. The predicted molar refractivity (Wildman–Crippen MR) is 104 cm³/mol. The Labute approximate surface area is 164 Å². The van der Waals surface area contributed by atoms with Gasteiger partial charge in [-0.3, -0.25) is 9.59 Å². The molecule has 3 atom stereocenters. The van der Waals surface area contributed by atoms with Gasteiger partial charge in [0.05, 0.1) is 10.7 Å². The van der Waals surface area contributed by atoms with E-state index in [9.17, 15) is 9.59 Å². The number of nitrogens with two attached hydrogens (primary N) is 1. The number of likely N-dealkylation sites (tertiary alicyclic amines) is 1. The number of carbonyl (C=O) groups is 2. The van der Waals surface area contributed by atoms with Gasteiger partial charge >= 0.3 is 0 Å². The van der Waals surface area contributed by atoms with Gasteiger partial charge in [0.1, 0.15) is 6.04 Å². The molecule has 1 heterocycles. The first-order chi connectivity index (χ1) is 12.5. The van der Waals surface area contributed by atoms with E-state index in [1.807, 2.05) is 0 Å². The molecular formula is C19H25Cl2N3O2. The van der Waals surface area contributed by atoms with Crippen LogP contribution in [0.5, 0.6) is 0 Å². The Bertz CT molecular complexity index is 683. The number of nitrogens with zero attached hydrogens (tertiary/aromatic N) is 1. The minimum Gasteiger partial charge on any atom is -0.330 e. The number of halogens is 2. The van der Waals surface area contributed by atoms with Gasteiger partial charge in [-0.1, -0.05) is 29.6 Å². The van der Waals surface area contributed by atoms with E-state index >= 15 is 0 Å². The predicted octanol–water partition coefficient (Wildman–Crippen LogP) is 3.69. The van der Waals surface area contributed by atoms with Crippen LogP contribution < -0.4 is 11.1 Å². The summed E-state index contributed by atoms with van der Waals surface area (Å²) in [6.45, 7) is 1.15. The van der Waals surface area contributed by atoms with Crippen molar-refractivity contribution in [1.29, 1.82) is 0 Å². The molecule has 2 aliphatic rings. The fraction of sp³-hybridized carbons (Fsp3) is 0.579. The van der Waals surface area contributed by atoms with Crippen molar-refractivity contribution in [3.8, 4) is 0 Å². The Morgan fingerprint density at radius 2 is 1.96 bits per heavy atom. The summed E-state index contributed by atoms with van der Waals surface area (Å²) in [6, 6.07) is 4.47. The molecule has 1 saturated carbocycles. The molecule has 142 valence electrons. The molecule has 2 fully saturated rings. The van der Waals surface area contributed by atoms with Crippen molar-refractivity contribution in [2.24, 2.45) is 17.6 Å². The first-order valence-corrected chi connectivity index (χ1v) is 10.0. The number of hydrogen-bond acceptors (Lipinski definition) is 3. The zero-order valence-corrected chi connectivity index (χ0v) is 16.2. The lowest BCUT2D eigenvalue weighted by Gasteiger charge is -2.37. The average molecular weight is 398 g/mol. The van der Waals surface area contributed by atoms with Crippen molar-refractivity contribution >= 4 is 40.7 Å². The summed E-state index contributed by atoms with van der Waals surface area (Å²) in [5.41, 5.74) is 6.32. The summed E-state index contributed by atoms with van der Waals surface area (Å²) in [5.74, 6) is 0.0539. The van der Waals surface area contributed by atoms with Crippen LogP contribution in [0.4, 0.5) is 5.69 Å². The zero-order valence-electron chi connectivity index (χ0n) is 14.7. The lowest BCUT2D eigenvalue weighted by molar-refractivity contribution is -0.144. The molecule has 1 saturated heterocycles. The zero-order chi connectivity index (χ0) is 18.7. The second kappa shape index (κ2) is 8.59. The molecule has 0 radical (unpaired) electrons. The first kappa shape index (κ1) is 19.5. The number of amides is 2. The van der Waals surface area contributed by atoms with Crippen molar-refractivity contribution in [3.63, 3.8) is 0 Å². The topological polar surface area (TPSA) is 75.4 Å². The highest BCUT2D eigenvalue weighted by atomic mass is 35.5. The lowest BCUT2D eigenvalue weighted by Crippen LogP contribution is -2.52. The molecule has 1 aromatic rings.